The number of rotatable bonds is 1. The molecule has 0 rings (SSSR count). The minimum absolute atomic E-state index is 1.32. The zero-order chi connectivity index (χ0) is 7.41. The van der Waals surface area contributed by atoms with Crippen LogP contribution < -0.4 is 23.4 Å². The topological polar surface area (TPSA) is 104 Å². The lowest BCUT2D eigenvalue weighted by molar-refractivity contribution is 0.886. The summed E-state index contributed by atoms with van der Waals surface area (Å²) in [7, 11) is 0. The summed E-state index contributed by atoms with van der Waals surface area (Å²) < 4.78 is 0. The first-order valence-corrected chi connectivity index (χ1v) is 2.58. The molecule has 8 N–H and O–H groups in total. The van der Waals surface area contributed by atoms with Crippen LogP contribution in [0, 0.1) is 0 Å². The van der Waals surface area contributed by atoms with Gasteiger partial charge < -0.3 is 0 Å². The van der Waals surface area contributed by atoms with E-state index in [9.17, 15) is 0 Å². The molecule has 0 atom stereocenters. The standard InChI is InChI=1S/C4H10.2H4N2/c1-3-4-2;2*1-2/h3-4H2,1-2H3;2*1-2H2. The first kappa shape index (κ1) is 15.7. The Bertz CT molecular complexity index is 10.0. The van der Waals surface area contributed by atoms with Crippen molar-refractivity contribution in [1.29, 1.82) is 0 Å². The van der Waals surface area contributed by atoms with Crippen molar-refractivity contribution in [2.75, 3.05) is 0 Å². The predicted molar refractivity (Wildman–Crippen MR) is 37.3 cm³/mol. The summed E-state index contributed by atoms with van der Waals surface area (Å²) in [6, 6.07) is 0. The van der Waals surface area contributed by atoms with Gasteiger partial charge in [0, 0.05) is 0 Å². The highest BCUT2D eigenvalue weighted by molar-refractivity contribution is 4.12. The second kappa shape index (κ2) is 68.9. The average molecular weight is 122 g/mol. The molecule has 0 aliphatic heterocycles. The molecule has 0 amide bonds. The van der Waals surface area contributed by atoms with Crippen LogP contribution in [0.3, 0.4) is 0 Å². The van der Waals surface area contributed by atoms with Gasteiger partial charge >= 0.3 is 0 Å². The SMILES string of the molecule is CCCC.NN.NN. The van der Waals surface area contributed by atoms with Crippen molar-refractivity contribution in [3.8, 4) is 0 Å². The molecule has 0 aliphatic rings. The molecule has 0 heterocycles. The molecule has 0 bridgehead atoms. The van der Waals surface area contributed by atoms with Gasteiger partial charge in [0.25, 0.3) is 0 Å². The fourth-order valence-corrected chi connectivity index (χ4v) is 0. The maximum Gasteiger partial charge on any atom is -0.0564 e. The second-order valence-electron chi connectivity index (χ2n) is 1.000. The van der Waals surface area contributed by atoms with Gasteiger partial charge in [0.15, 0.2) is 0 Å². The maximum atomic E-state index is 4.00. The third-order valence-corrected chi connectivity index (χ3v) is 0.500. The van der Waals surface area contributed by atoms with Crippen LogP contribution in [-0.4, -0.2) is 0 Å². The summed E-state index contributed by atoms with van der Waals surface area (Å²) in [5.74, 6) is 16.0. The van der Waals surface area contributed by atoms with E-state index in [0.29, 0.717) is 0 Å². The molecule has 0 spiro atoms. The number of unbranched alkanes of at least 4 members (excludes halogenated alkanes) is 1. The highest BCUT2D eigenvalue weighted by Crippen LogP contribution is 1.76. The molecule has 54 valence electrons. The monoisotopic (exact) mass is 122 g/mol. The molecular formula is C4H18N4. The molecule has 0 saturated heterocycles. The number of hydrogen-bond donors (Lipinski definition) is 4. The zero-order valence-electron chi connectivity index (χ0n) is 5.72. The number of hydrazine groups is 2. The van der Waals surface area contributed by atoms with Crippen LogP contribution in [0.15, 0.2) is 0 Å². The Balaban J connectivity index is -0.0000000542. The first-order chi connectivity index (χ1) is 3.91. The van der Waals surface area contributed by atoms with Crippen LogP contribution >= 0.6 is 0 Å². The normalized spacial score (nSPS) is 5.25. The van der Waals surface area contributed by atoms with Gasteiger partial charge in [0.2, 0.25) is 0 Å². The quantitative estimate of drug-likeness (QED) is 0.276. The minimum atomic E-state index is 1.32. The second-order valence-corrected chi connectivity index (χ2v) is 1.000. The molecule has 8 heavy (non-hydrogen) atoms. The lowest BCUT2D eigenvalue weighted by Crippen LogP contribution is -2.02. The minimum Gasteiger partial charge on any atom is -0.274 e. The third kappa shape index (κ3) is 194. The van der Waals surface area contributed by atoms with Crippen LogP contribution in [0.1, 0.15) is 26.7 Å². The highest BCUT2D eigenvalue weighted by Gasteiger charge is 1.56. The molecule has 0 aromatic rings. The van der Waals surface area contributed by atoms with Crippen molar-refractivity contribution >= 4 is 0 Å². The molecular weight excluding hydrogens is 104 g/mol. The molecule has 0 radical (unpaired) electrons. The maximum absolute atomic E-state index is 4.00. The van der Waals surface area contributed by atoms with E-state index in [0.717, 1.165) is 0 Å². The van der Waals surface area contributed by atoms with Gasteiger partial charge in [0.05, 0.1) is 0 Å². The first-order valence-electron chi connectivity index (χ1n) is 2.58. The predicted octanol–water partition coefficient (Wildman–Crippen LogP) is -0.556. The molecule has 4 nitrogen and oxygen atoms in total. The average Bonchev–Trinajstić information content (AvgIpc) is 1.96. The Morgan fingerprint density at radius 1 is 0.750 bits per heavy atom. The van der Waals surface area contributed by atoms with Crippen molar-refractivity contribution < 1.29 is 0 Å². The van der Waals surface area contributed by atoms with Gasteiger partial charge in [-0.05, 0) is 0 Å². The lowest BCUT2D eigenvalue weighted by Gasteiger charge is -1.68. The Labute approximate surface area is 51.1 Å². The lowest BCUT2D eigenvalue weighted by atomic mass is 10.4. The van der Waals surface area contributed by atoms with Crippen LogP contribution in [0.25, 0.3) is 0 Å². The van der Waals surface area contributed by atoms with Crippen LogP contribution in [-0.2, 0) is 0 Å². The van der Waals surface area contributed by atoms with Crippen molar-refractivity contribution in [2.45, 2.75) is 26.7 Å². The van der Waals surface area contributed by atoms with Crippen LogP contribution in [0.2, 0.25) is 0 Å². The van der Waals surface area contributed by atoms with E-state index < -0.39 is 0 Å². The Hall–Kier alpha value is -0.160. The molecule has 4 heteroatoms. The smallest absolute Gasteiger partial charge is 0.0564 e. The molecule has 0 unspecified atom stereocenters. The van der Waals surface area contributed by atoms with E-state index in [-0.39, 0.29) is 0 Å². The fraction of sp³-hybridized carbons (Fsp3) is 1.00. The molecule has 0 fully saturated rings. The summed E-state index contributed by atoms with van der Waals surface area (Å²) in [4.78, 5) is 0. The van der Waals surface area contributed by atoms with Crippen molar-refractivity contribution in [1.82, 2.24) is 0 Å². The molecule has 0 saturated carbocycles. The molecule has 0 aromatic heterocycles. The van der Waals surface area contributed by atoms with Crippen molar-refractivity contribution in [2.24, 2.45) is 23.4 Å². The largest absolute Gasteiger partial charge is 0.274 e. The molecule has 0 aliphatic carbocycles. The van der Waals surface area contributed by atoms with Gasteiger partial charge in [-0.25, -0.2) is 0 Å². The Morgan fingerprint density at radius 2 is 0.875 bits per heavy atom. The summed E-state index contributed by atoms with van der Waals surface area (Å²) in [6.45, 7) is 4.36. The Kier molecular flexibility index (Phi) is 135. The van der Waals surface area contributed by atoms with Gasteiger partial charge in [-0.1, -0.05) is 26.7 Å². The summed E-state index contributed by atoms with van der Waals surface area (Å²) in [5, 5.41) is 0. The van der Waals surface area contributed by atoms with E-state index in [1.54, 1.807) is 0 Å². The highest BCUT2D eigenvalue weighted by atomic mass is 15.0. The summed E-state index contributed by atoms with van der Waals surface area (Å²) in [5.41, 5.74) is 0. The summed E-state index contributed by atoms with van der Waals surface area (Å²) in [6.07, 6.45) is 2.64. The fourth-order valence-electron chi connectivity index (χ4n) is 0. The number of nitrogens with two attached hydrogens (primary N) is 4. The Morgan fingerprint density at radius 3 is 0.875 bits per heavy atom. The van der Waals surface area contributed by atoms with E-state index in [2.05, 4.69) is 37.2 Å². The van der Waals surface area contributed by atoms with Gasteiger partial charge in [-0.2, -0.15) is 0 Å². The molecule has 0 aromatic carbocycles. The zero-order valence-corrected chi connectivity index (χ0v) is 5.72. The number of hydrogen-bond acceptors (Lipinski definition) is 4. The summed E-state index contributed by atoms with van der Waals surface area (Å²) >= 11 is 0. The van der Waals surface area contributed by atoms with Gasteiger partial charge in [-0.3, -0.25) is 23.4 Å². The third-order valence-electron chi connectivity index (χ3n) is 0.500. The van der Waals surface area contributed by atoms with E-state index in [1.165, 1.54) is 12.8 Å². The van der Waals surface area contributed by atoms with Crippen molar-refractivity contribution in [3.63, 3.8) is 0 Å². The van der Waals surface area contributed by atoms with Gasteiger partial charge in [-0.15, -0.1) is 0 Å². The van der Waals surface area contributed by atoms with Crippen LogP contribution in [0.4, 0.5) is 0 Å². The van der Waals surface area contributed by atoms with Gasteiger partial charge in [0.1, 0.15) is 0 Å². The van der Waals surface area contributed by atoms with E-state index >= 15 is 0 Å². The van der Waals surface area contributed by atoms with Crippen LogP contribution in [0.5, 0.6) is 0 Å². The van der Waals surface area contributed by atoms with E-state index in [1.807, 2.05) is 0 Å². The van der Waals surface area contributed by atoms with Crippen molar-refractivity contribution in [3.05, 3.63) is 0 Å². The van der Waals surface area contributed by atoms with E-state index in [4.69, 9.17) is 0 Å².